The number of hydrogen-bond acceptors (Lipinski definition) is 3. The van der Waals surface area contributed by atoms with Gasteiger partial charge in [-0.05, 0) is 48.6 Å². The predicted octanol–water partition coefficient (Wildman–Crippen LogP) is 3.76. The van der Waals surface area contributed by atoms with E-state index >= 15 is 0 Å². The summed E-state index contributed by atoms with van der Waals surface area (Å²) in [5.74, 6) is 1.44. The third-order valence-electron chi connectivity index (χ3n) is 5.79. The Morgan fingerprint density at radius 3 is 2.62 bits per heavy atom. The van der Waals surface area contributed by atoms with Crippen molar-refractivity contribution in [2.24, 2.45) is 0 Å². The Hall–Kier alpha value is -3.15. The first kappa shape index (κ1) is 19.2. The fourth-order valence-corrected chi connectivity index (χ4v) is 3.85. The summed E-state index contributed by atoms with van der Waals surface area (Å²) in [4.78, 5) is 15.6. The molecule has 0 bridgehead atoms. The summed E-state index contributed by atoms with van der Waals surface area (Å²) >= 11 is 0. The van der Waals surface area contributed by atoms with E-state index in [4.69, 9.17) is 9.47 Å². The zero-order valence-corrected chi connectivity index (χ0v) is 16.9. The van der Waals surface area contributed by atoms with E-state index in [2.05, 4.69) is 33.8 Å². The molecule has 0 aliphatic heterocycles. The first-order valence-corrected chi connectivity index (χ1v) is 9.94. The topological polar surface area (TPSA) is 75.4 Å². The molecule has 0 radical (unpaired) electrons. The van der Waals surface area contributed by atoms with Crippen LogP contribution >= 0.6 is 0 Å². The summed E-state index contributed by atoms with van der Waals surface area (Å²) in [7, 11) is 3.27. The molecule has 0 saturated heterocycles. The maximum atomic E-state index is 12.3. The van der Waals surface area contributed by atoms with Gasteiger partial charge in [0.25, 0.3) is 0 Å². The first-order valence-electron chi connectivity index (χ1n) is 9.94. The Bertz CT molecular complexity index is 1010. The van der Waals surface area contributed by atoms with E-state index in [0.29, 0.717) is 13.1 Å². The van der Waals surface area contributed by atoms with Crippen molar-refractivity contribution in [2.45, 2.75) is 24.7 Å². The number of benzene rings is 2. The molecule has 1 aliphatic carbocycles. The SMILES string of the molecule is COc1ccc(C2(CNC(=O)NCCc3c[nH]c4ccccc34)CC2)cc1OC. The Balaban J connectivity index is 1.29. The van der Waals surface area contributed by atoms with Crippen molar-refractivity contribution >= 4 is 16.9 Å². The van der Waals surface area contributed by atoms with Crippen molar-refractivity contribution in [3.05, 3.63) is 59.8 Å². The van der Waals surface area contributed by atoms with Crippen molar-refractivity contribution in [1.82, 2.24) is 15.6 Å². The van der Waals surface area contributed by atoms with E-state index in [9.17, 15) is 4.79 Å². The summed E-state index contributed by atoms with van der Waals surface area (Å²) in [6.45, 7) is 1.21. The van der Waals surface area contributed by atoms with Crippen molar-refractivity contribution in [3.63, 3.8) is 0 Å². The number of H-pyrrole nitrogens is 1. The maximum Gasteiger partial charge on any atom is 0.314 e. The summed E-state index contributed by atoms with van der Waals surface area (Å²) in [5.41, 5.74) is 3.50. The second kappa shape index (κ2) is 8.07. The van der Waals surface area contributed by atoms with Crippen LogP contribution in [0.5, 0.6) is 11.5 Å². The lowest BCUT2D eigenvalue weighted by Crippen LogP contribution is -2.40. The molecule has 1 aromatic heterocycles. The molecule has 1 aliphatic rings. The summed E-state index contributed by atoms with van der Waals surface area (Å²) in [6.07, 6.45) is 4.91. The zero-order chi connectivity index (χ0) is 20.3. The van der Waals surface area contributed by atoms with Crippen LogP contribution < -0.4 is 20.1 Å². The average molecular weight is 393 g/mol. The van der Waals surface area contributed by atoms with Crippen molar-refractivity contribution in [1.29, 1.82) is 0 Å². The van der Waals surface area contributed by atoms with Crippen LogP contribution in [0.25, 0.3) is 10.9 Å². The molecule has 4 rings (SSSR count). The Labute approximate surface area is 170 Å². The number of rotatable bonds is 8. The summed E-state index contributed by atoms with van der Waals surface area (Å²) < 4.78 is 10.7. The molecule has 1 saturated carbocycles. The number of aromatic amines is 1. The van der Waals surface area contributed by atoms with E-state index in [-0.39, 0.29) is 11.4 Å². The van der Waals surface area contributed by atoms with E-state index < -0.39 is 0 Å². The highest BCUT2D eigenvalue weighted by Crippen LogP contribution is 2.49. The third kappa shape index (κ3) is 4.01. The second-order valence-electron chi connectivity index (χ2n) is 7.57. The number of aromatic nitrogens is 1. The van der Waals surface area contributed by atoms with Crippen LogP contribution in [0.1, 0.15) is 24.0 Å². The number of amides is 2. The summed E-state index contributed by atoms with van der Waals surface area (Å²) in [6, 6.07) is 14.1. The number of para-hydroxylation sites is 1. The Kier molecular flexibility index (Phi) is 5.34. The number of carbonyl (C=O) groups excluding carboxylic acids is 1. The lowest BCUT2D eigenvalue weighted by molar-refractivity contribution is 0.240. The van der Waals surface area contributed by atoms with Gasteiger partial charge in [0.2, 0.25) is 0 Å². The van der Waals surface area contributed by atoms with Crippen LogP contribution in [0.4, 0.5) is 4.79 Å². The van der Waals surface area contributed by atoms with Crippen LogP contribution in [0, 0.1) is 0 Å². The number of hydrogen-bond donors (Lipinski definition) is 3. The van der Waals surface area contributed by atoms with E-state index in [0.717, 1.165) is 36.3 Å². The molecule has 6 nitrogen and oxygen atoms in total. The van der Waals surface area contributed by atoms with Gasteiger partial charge in [-0.15, -0.1) is 0 Å². The van der Waals surface area contributed by atoms with Crippen LogP contribution in [0.2, 0.25) is 0 Å². The van der Waals surface area contributed by atoms with Gasteiger partial charge in [0, 0.05) is 35.6 Å². The molecule has 1 fully saturated rings. The molecule has 3 aromatic rings. The van der Waals surface area contributed by atoms with Gasteiger partial charge in [-0.25, -0.2) is 4.79 Å². The van der Waals surface area contributed by atoms with Gasteiger partial charge in [-0.3, -0.25) is 0 Å². The van der Waals surface area contributed by atoms with Crippen molar-refractivity contribution in [2.75, 3.05) is 27.3 Å². The highest BCUT2D eigenvalue weighted by molar-refractivity contribution is 5.83. The van der Waals surface area contributed by atoms with E-state index in [1.165, 1.54) is 16.5 Å². The van der Waals surface area contributed by atoms with Crippen LogP contribution in [0.3, 0.4) is 0 Å². The minimum atomic E-state index is -0.128. The molecule has 29 heavy (non-hydrogen) atoms. The molecule has 2 amide bonds. The van der Waals surface area contributed by atoms with Gasteiger partial charge in [0.05, 0.1) is 14.2 Å². The number of nitrogens with one attached hydrogen (secondary N) is 3. The van der Waals surface area contributed by atoms with Crippen molar-refractivity contribution < 1.29 is 14.3 Å². The number of methoxy groups -OCH3 is 2. The van der Waals surface area contributed by atoms with Gasteiger partial charge in [0.15, 0.2) is 11.5 Å². The molecule has 0 unspecified atom stereocenters. The van der Waals surface area contributed by atoms with Gasteiger partial charge in [0.1, 0.15) is 0 Å². The molecule has 2 aromatic carbocycles. The Morgan fingerprint density at radius 2 is 1.86 bits per heavy atom. The quantitative estimate of drug-likeness (QED) is 0.545. The standard InChI is InChI=1S/C23H27N3O3/c1-28-20-8-7-17(13-21(20)29-2)23(10-11-23)15-26-22(27)24-12-9-16-14-25-19-6-4-3-5-18(16)19/h3-8,13-14,25H,9-12,15H2,1-2H3,(H2,24,26,27). The normalized spacial score (nSPS) is 14.4. The molecule has 3 N–H and O–H groups in total. The van der Waals surface area contributed by atoms with E-state index in [1.807, 2.05) is 30.5 Å². The predicted molar refractivity (Wildman–Crippen MR) is 114 cm³/mol. The summed E-state index contributed by atoms with van der Waals surface area (Å²) in [5, 5.41) is 7.22. The molecule has 0 spiro atoms. The van der Waals surface area contributed by atoms with Crippen LogP contribution in [-0.2, 0) is 11.8 Å². The number of urea groups is 1. The lowest BCUT2D eigenvalue weighted by atomic mass is 9.95. The van der Waals surface area contributed by atoms with Crippen molar-refractivity contribution in [3.8, 4) is 11.5 Å². The van der Waals surface area contributed by atoms with Crippen LogP contribution in [0.15, 0.2) is 48.7 Å². The third-order valence-corrected chi connectivity index (χ3v) is 5.79. The van der Waals surface area contributed by atoms with E-state index in [1.54, 1.807) is 14.2 Å². The first-order chi connectivity index (χ1) is 14.1. The second-order valence-corrected chi connectivity index (χ2v) is 7.57. The zero-order valence-electron chi connectivity index (χ0n) is 16.9. The number of ether oxygens (including phenoxy) is 2. The van der Waals surface area contributed by atoms with Gasteiger partial charge in [-0.2, -0.15) is 0 Å². The smallest absolute Gasteiger partial charge is 0.314 e. The number of carbonyl (C=O) groups is 1. The highest BCUT2D eigenvalue weighted by Gasteiger charge is 2.44. The fraction of sp³-hybridized carbons (Fsp3) is 0.348. The minimum absolute atomic E-state index is 0.00622. The molecule has 1 heterocycles. The van der Waals surface area contributed by atoms with Gasteiger partial charge in [-0.1, -0.05) is 24.3 Å². The largest absolute Gasteiger partial charge is 0.493 e. The molecule has 0 atom stereocenters. The van der Waals surface area contributed by atoms with Gasteiger partial charge >= 0.3 is 6.03 Å². The maximum absolute atomic E-state index is 12.3. The average Bonchev–Trinajstić information content (AvgIpc) is 3.45. The number of fused-ring (bicyclic) bond motifs is 1. The highest BCUT2D eigenvalue weighted by atomic mass is 16.5. The van der Waals surface area contributed by atoms with Crippen LogP contribution in [-0.4, -0.2) is 38.3 Å². The van der Waals surface area contributed by atoms with Gasteiger partial charge < -0.3 is 25.1 Å². The molecular formula is C23H27N3O3. The minimum Gasteiger partial charge on any atom is -0.493 e. The molecule has 152 valence electrons. The Morgan fingerprint density at radius 1 is 1.07 bits per heavy atom. The molecular weight excluding hydrogens is 366 g/mol. The fourth-order valence-electron chi connectivity index (χ4n) is 3.85. The molecule has 6 heteroatoms. The lowest BCUT2D eigenvalue weighted by Gasteiger charge is -2.19. The monoisotopic (exact) mass is 393 g/mol.